The highest BCUT2D eigenvalue weighted by atomic mass is 32.2. The van der Waals surface area contributed by atoms with Gasteiger partial charge in [-0.1, -0.05) is 11.2 Å². The van der Waals surface area contributed by atoms with E-state index in [-0.39, 0.29) is 10.6 Å². The number of hydrogen-bond donors (Lipinski definition) is 1. The third-order valence-corrected chi connectivity index (χ3v) is 6.18. The monoisotopic (exact) mass is 402 g/mol. The van der Waals surface area contributed by atoms with Crippen LogP contribution in [-0.2, 0) is 16.2 Å². The third-order valence-electron chi connectivity index (χ3n) is 3.47. The van der Waals surface area contributed by atoms with Crippen LogP contribution in [0.2, 0.25) is 0 Å². The second-order valence-electron chi connectivity index (χ2n) is 5.55. The Labute approximate surface area is 151 Å². The van der Waals surface area contributed by atoms with Crippen LogP contribution in [0.15, 0.2) is 45.8 Å². The van der Waals surface area contributed by atoms with Crippen LogP contribution < -0.4 is 4.72 Å². The number of alkyl halides is 3. The van der Waals surface area contributed by atoms with E-state index >= 15 is 0 Å². The van der Waals surface area contributed by atoms with Crippen molar-refractivity contribution >= 4 is 27.0 Å². The Morgan fingerprint density at radius 1 is 1.15 bits per heavy atom. The Hall–Kier alpha value is -2.33. The average molecular weight is 402 g/mol. The van der Waals surface area contributed by atoms with Crippen LogP contribution in [0, 0.1) is 13.8 Å². The summed E-state index contributed by atoms with van der Waals surface area (Å²) in [6.07, 6.45) is -4.56. The first-order chi connectivity index (χ1) is 12.1. The van der Waals surface area contributed by atoms with Gasteiger partial charge in [0.05, 0.1) is 16.1 Å². The second-order valence-corrected chi connectivity index (χ2v) is 8.45. The topological polar surface area (TPSA) is 72.2 Å². The van der Waals surface area contributed by atoms with Gasteiger partial charge in [-0.05, 0) is 38.1 Å². The fourth-order valence-corrected chi connectivity index (χ4v) is 4.89. The highest BCUT2D eigenvalue weighted by Gasteiger charge is 2.31. The average Bonchev–Trinajstić information content (AvgIpc) is 3.12. The van der Waals surface area contributed by atoms with Crippen LogP contribution >= 0.6 is 11.3 Å². The molecule has 0 radical (unpaired) electrons. The van der Waals surface area contributed by atoms with E-state index in [9.17, 15) is 21.6 Å². The lowest BCUT2D eigenvalue weighted by molar-refractivity contribution is -0.137. The van der Waals surface area contributed by atoms with Gasteiger partial charge in [-0.2, -0.15) is 13.2 Å². The number of nitrogens with zero attached hydrogens (tertiary/aromatic N) is 1. The van der Waals surface area contributed by atoms with Crippen LogP contribution in [0.5, 0.6) is 0 Å². The normalized spacial score (nSPS) is 12.3. The van der Waals surface area contributed by atoms with Crippen molar-refractivity contribution in [2.24, 2.45) is 0 Å². The van der Waals surface area contributed by atoms with Gasteiger partial charge in [0.1, 0.15) is 4.90 Å². The molecule has 0 saturated heterocycles. The number of thiophene rings is 1. The molecule has 0 amide bonds. The molecule has 3 rings (SSSR count). The van der Waals surface area contributed by atoms with Gasteiger partial charge >= 0.3 is 6.18 Å². The summed E-state index contributed by atoms with van der Waals surface area (Å²) in [5, 5.41) is 3.75. The van der Waals surface area contributed by atoms with E-state index < -0.39 is 21.8 Å². The number of aryl methyl sites for hydroxylation is 2. The van der Waals surface area contributed by atoms with Crippen molar-refractivity contribution in [1.29, 1.82) is 0 Å². The molecule has 0 fully saturated rings. The van der Waals surface area contributed by atoms with Crippen LogP contribution in [0.4, 0.5) is 18.9 Å². The first kappa shape index (κ1) is 18.5. The standard InChI is InChI=1S/C16H13F3N2O3S2/c1-9-6-13(24-20-9)14-8-15(10(2)25-14)26(22,23)21-12-5-3-4-11(7-12)16(17,18)19/h3-8,21H,1-2H3. The predicted molar refractivity (Wildman–Crippen MR) is 91.5 cm³/mol. The zero-order valence-corrected chi connectivity index (χ0v) is 15.2. The molecule has 138 valence electrons. The number of nitrogens with one attached hydrogen (secondary N) is 1. The van der Waals surface area contributed by atoms with Gasteiger partial charge in [-0.15, -0.1) is 11.3 Å². The summed E-state index contributed by atoms with van der Waals surface area (Å²) in [7, 11) is -4.06. The molecule has 26 heavy (non-hydrogen) atoms. The summed E-state index contributed by atoms with van der Waals surface area (Å²) in [4.78, 5) is 1.02. The Morgan fingerprint density at radius 3 is 2.50 bits per heavy atom. The zero-order chi connectivity index (χ0) is 19.1. The minimum atomic E-state index is -4.56. The highest BCUT2D eigenvalue weighted by molar-refractivity contribution is 7.93. The highest BCUT2D eigenvalue weighted by Crippen LogP contribution is 2.35. The molecular formula is C16H13F3N2O3S2. The van der Waals surface area contributed by atoms with Gasteiger partial charge in [0.2, 0.25) is 0 Å². The van der Waals surface area contributed by atoms with Gasteiger partial charge in [0.15, 0.2) is 5.76 Å². The molecule has 0 saturated carbocycles. The number of halogens is 3. The largest absolute Gasteiger partial charge is 0.416 e. The molecular weight excluding hydrogens is 389 g/mol. The van der Waals surface area contributed by atoms with Crippen LogP contribution in [0.1, 0.15) is 16.1 Å². The maximum Gasteiger partial charge on any atom is 0.416 e. The molecule has 2 aromatic heterocycles. The Balaban J connectivity index is 1.93. The lowest BCUT2D eigenvalue weighted by Crippen LogP contribution is -2.14. The van der Waals surface area contributed by atoms with Gasteiger partial charge in [-0.25, -0.2) is 8.42 Å². The van der Waals surface area contributed by atoms with Gasteiger partial charge < -0.3 is 4.52 Å². The van der Waals surface area contributed by atoms with Crippen molar-refractivity contribution in [3.63, 3.8) is 0 Å². The molecule has 0 spiro atoms. The fraction of sp³-hybridized carbons (Fsp3) is 0.188. The summed E-state index contributed by atoms with van der Waals surface area (Å²) in [5.74, 6) is 0.427. The third kappa shape index (κ3) is 3.75. The number of anilines is 1. The maximum absolute atomic E-state index is 12.8. The van der Waals surface area contributed by atoms with Crippen LogP contribution in [0.3, 0.4) is 0 Å². The summed E-state index contributed by atoms with van der Waals surface area (Å²) in [6, 6.07) is 7.11. The van der Waals surface area contributed by atoms with E-state index in [0.29, 0.717) is 21.2 Å². The van der Waals surface area contributed by atoms with E-state index in [0.717, 1.165) is 18.2 Å². The van der Waals surface area contributed by atoms with Crippen molar-refractivity contribution < 1.29 is 26.1 Å². The van der Waals surface area contributed by atoms with Crippen LogP contribution in [0.25, 0.3) is 10.6 Å². The SMILES string of the molecule is Cc1cc(-c2cc(S(=O)(=O)Nc3cccc(C(F)(F)F)c3)c(C)s2)on1. The quantitative estimate of drug-likeness (QED) is 0.678. The molecule has 0 aliphatic heterocycles. The summed E-state index contributed by atoms with van der Waals surface area (Å²) < 4.78 is 70.9. The van der Waals surface area contributed by atoms with Gasteiger partial charge in [-0.3, -0.25) is 4.72 Å². The smallest absolute Gasteiger partial charge is 0.355 e. The molecule has 0 bridgehead atoms. The molecule has 1 N–H and O–H groups in total. The molecule has 2 heterocycles. The number of hydrogen-bond acceptors (Lipinski definition) is 5. The first-order valence-corrected chi connectivity index (χ1v) is 9.60. The Bertz CT molecular complexity index is 1050. The van der Waals surface area contributed by atoms with Crippen molar-refractivity contribution in [3.05, 3.63) is 52.5 Å². The fourth-order valence-electron chi connectivity index (χ4n) is 2.30. The number of aromatic nitrogens is 1. The minimum absolute atomic E-state index is 0.0241. The Morgan fingerprint density at radius 2 is 1.88 bits per heavy atom. The van der Waals surface area contributed by atoms with E-state index in [1.165, 1.54) is 23.5 Å². The van der Waals surface area contributed by atoms with Gasteiger partial charge in [0, 0.05) is 16.6 Å². The predicted octanol–water partition coefficient (Wildman–Crippen LogP) is 4.84. The molecule has 0 aliphatic carbocycles. The van der Waals surface area contributed by atoms with Crippen LogP contribution in [-0.4, -0.2) is 13.6 Å². The summed E-state index contributed by atoms with van der Waals surface area (Å²) in [6.45, 7) is 3.35. The van der Waals surface area contributed by atoms with Gasteiger partial charge in [0.25, 0.3) is 10.0 Å². The molecule has 10 heteroatoms. The maximum atomic E-state index is 12.8. The minimum Gasteiger partial charge on any atom is -0.355 e. The van der Waals surface area contributed by atoms with Crippen molar-refractivity contribution in [2.45, 2.75) is 24.9 Å². The van der Waals surface area contributed by atoms with E-state index in [1.807, 2.05) is 0 Å². The molecule has 1 aromatic carbocycles. The summed E-state index contributed by atoms with van der Waals surface area (Å²) >= 11 is 1.19. The molecule has 0 aliphatic rings. The zero-order valence-electron chi connectivity index (χ0n) is 13.6. The lowest BCUT2D eigenvalue weighted by atomic mass is 10.2. The van der Waals surface area contributed by atoms with E-state index in [1.54, 1.807) is 19.9 Å². The second kappa shape index (κ2) is 6.44. The van der Waals surface area contributed by atoms with Crippen molar-refractivity contribution in [3.8, 4) is 10.6 Å². The van der Waals surface area contributed by atoms with E-state index in [2.05, 4.69) is 9.88 Å². The summed E-state index contributed by atoms with van der Waals surface area (Å²) in [5.41, 5.74) is -0.447. The number of sulfonamides is 1. The molecule has 0 unspecified atom stereocenters. The molecule has 3 aromatic rings. The van der Waals surface area contributed by atoms with E-state index in [4.69, 9.17) is 4.52 Å². The Kier molecular flexibility index (Phi) is 4.57. The molecule has 5 nitrogen and oxygen atoms in total. The number of rotatable bonds is 4. The first-order valence-electron chi connectivity index (χ1n) is 7.30. The lowest BCUT2D eigenvalue weighted by Gasteiger charge is -2.11. The van der Waals surface area contributed by atoms with Crippen molar-refractivity contribution in [1.82, 2.24) is 5.16 Å². The molecule has 0 atom stereocenters. The van der Waals surface area contributed by atoms with Crippen molar-refractivity contribution in [2.75, 3.05) is 4.72 Å². The number of benzene rings is 1.